The molecular weight excluding hydrogens is 458 g/mol. The van der Waals surface area contributed by atoms with Crippen LogP contribution in [-0.2, 0) is 9.47 Å². The summed E-state index contributed by atoms with van der Waals surface area (Å²) in [5.41, 5.74) is 10.7. The molecule has 0 atom stereocenters. The van der Waals surface area contributed by atoms with Gasteiger partial charge in [-0.2, -0.15) is 0 Å². The maximum Gasteiger partial charge on any atom is 0.415 e. The zero-order valence-corrected chi connectivity index (χ0v) is 20.5. The number of nitrogens with two attached hydrogens (primary N) is 1. The van der Waals surface area contributed by atoms with Crippen molar-refractivity contribution < 1.29 is 23.7 Å². The Labute approximate surface area is 210 Å². The van der Waals surface area contributed by atoms with E-state index in [1.165, 1.54) is 6.42 Å². The number of ether oxygens (including phenoxy) is 4. The number of aromatic nitrogens is 1. The molecule has 36 heavy (non-hydrogen) atoms. The third-order valence-corrected chi connectivity index (χ3v) is 7.53. The molecule has 0 radical (unpaired) electrons. The van der Waals surface area contributed by atoms with Gasteiger partial charge < -0.3 is 34.1 Å². The number of benzene rings is 2. The van der Waals surface area contributed by atoms with E-state index < -0.39 is 0 Å². The molecule has 2 aliphatic heterocycles. The van der Waals surface area contributed by atoms with Gasteiger partial charge in [-0.15, -0.1) is 0 Å². The first-order valence-electron chi connectivity index (χ1n) is 13.0. The quantitative estimate of drug-likeness (QED) is 0.540. The summed E-state index contributed by atoms with van der Waals surface area (Å²) in [5.74, 6) is 1.40. The van der Waals surface area contributed by atoms with Gasteiger partial charge >= 0.3 is 6.09 Å². The molecule has 2 N–H and O–H groups in total. The molecule has 8 heteroatoms. The average molecular weight is 492 g/mol. The topological polar surface area (TPSA) is 88.2 Å². The molecule has 0 spiro atoms. The van der Waals surface area contributed by atoms with Crippen LogP contribution in [0.5, 0.6) is 11.5 Å². The largest absolute Gasteiger partial charge is 0.490 e. The fourth-order valence-corrected chi connectivity index (χ4v) is 5.29. The van der Waals surface area contributed by atoms with Crippen LogP contribution < -0.4 is 15.2 Å². The third-order valence-electron chi connectivity index (χ3n) is 7.53. The molecule has 2 aromatic carbocycles. The SMILES string of the molecule is Nc1c(-c2ccc(OC(=O)N3CCOCC3)cc2)n(C2CCC2)c2cc(OC3CCOCC3)ccc12. The van der Waals surface area contributed by atoms with E-state index in [4.69, 9.17) is 24.7 Å². The summed E-state index contributed by atoms with van der Waals surface area (Å²) >= 11 is 0. The number of hydrogen-bond donors (Lipinski definition) is 1. The Balaban J connectivity index is 1.29. The third kappa shape index (κ3) is 4.51. The number of morpholine rings is 1. The van der Waals surface area contributed by atoms with Crippen LogP contribution in [-0.4, -0.2) is 61.2 Å². The van der Waals surface area contributed by atoms with Crippen LogP contribution in [0.3, 0.4) is 0 Å². The predicted octanol–water partition coefficient (Wildman–Crippen LogP) is 5.00. The van der Waals surface area contributed by atoms with Crippen molar-refractivity contribution in [1.29, 1.82) is 0 Å². The minimum atomic E-state index is -0.341. The Morgan fingerprint density at radius 3 is 2.28 bits per heavy atom. The fraction of sp³-hybridized carbons (Fsp3) is 0.464. The van der Waals surface area contributed by atoms with Gasteiger partial charge in [-0.3, -0.25) is 0 Å². The highest BCUT2D eigenvalue weighted by Gasteiger charge is 2.28. The first-order valence-corrected chi connectivity index (χ1v) is 13.0. The summed E-state index contributed by atoms with van der Waals surface area (Å²) in [6.07, 6.45) is 5.17. The second-order valence-electron chi connectivity index (χ2n) is 9.82. The van der Waals surface area contributed by atoms with Crippen molar-refractivity contribution in [2.75, 3.05) is 45.3 Å². The summed E-state index contributed by atoms with van der Waals surface area (Å²) in [6, 6.07) is 14.3. The minimum absolute atomic E-state index is 0.188. The number of carbonyl (C=O) groups is 1. The molecule has 1 amide bonds. The predicted molar refractivity (Wildman–Crippen MR) is 138 cm³/mol. The van der Waals surface area contributed by atoms with Crippen LogP contribution in [0, 0.1) is 0 Å². The molecule has 1 saturated carbocycles. The van der Waals surface area contributed by atoms with E-state index in [9.17, 15) is 4.79 Å². The Bertz CT molecular complexity index is 1220. The number of rotatable bonds is 5. The second kappa shape index (κ2) is 10.0. The number of nitrogens with zero attached hydrogens (tertiary/aromatic N) is 2. The van der Waals surface area contributed by atoms with Gasteiger partial charge in [-0.1, -0.05) is 0 Å². The van der Waals surface area contributed by atoms with Gasteiger partial charge in [-0.05, 0) is 55.7 Å². The number of carbonyl (C=O) groups excluding carboxylic acids is 1. The second-order valence-corrected chi connectivity index (χ2v) is 9.82. The smallest absolute Gasteiger partial charge is 0.415 e. The summed E-state index contributed by atoms with van der Waals surface area (Å²) in [6.45, 7) is 3.69. The van der Waals surface area contributed by atoms with Crippen molar-refractivity contribution in [2.45, 2.75) is 44.2 Å². The minimum Gasteiger partial charge on any atom is -0.490 e. The molecule has 0 unspecified atom stereocenters. The average Bonchev–Trinajstić information content (AvgIpc) is 3.16. The van der Waals surface area contributed by atoms with Crippen molar-refractivity contribution >= 4 is 22.7 Å². The van der Waals surface area contributed by atoms with Gasteiger partial charge in [0, 0.05) is 49.0 Å². The van der Waals surface area contributed by atoms with Crippen LogP contribution in [0.25, 0.3) is 22.2 Å². The molecule has 8 nitrogen and oxygen atoms in total. The van der Waals surface area contributed by atoms with Gasteiger partial charge in [0.25, 0.3) is 0 Å². The van der Waals surface area contributed by atoms with E-state index >= 15 is 0 Å². The fourth-order valence-electron chi connectivity index (χ4n) is 5.29. The molecule has 3 aliphatic rings. The number of nitrogen functional groups attached to an aromatic ring is 1. The Kier molecular flexibility index (Phi) is 6.46. The van der Waals surface area contributed by atoms with E-state index in [0.717, 1.165) is 72.5 Å². The van der Waals surface area contributed by atoms with Crippen LogP contribution in [0.4, 0.5) is 10.5 Å². The lowest BCUT2D eigenvalue weighted by atomic mass is 9.92. The molecule has 3 heterocycles. The molecular formula is C28H33N3O5. The van der Waals surface area contributed by atoms with Gasteiger partial charge in [0.2, 0.25) is 0 Å². The van der Waals surface area contributed by atoms with Crippen molar-refractivity contribution in [3.63, 3.8) is 0 Å². The Morgan fingerprint density at radius 1 is 0.889 bits per heavy atom. The van der Waals surface area contributed by atoms with Gasteiger partial charge in [-0.25, -0.2) is 4.79 Å². The molecule has 190 valence electrons. The first kappa shape index (κ1) is 23.2. The van der Waals surface area contributed by atoms with Gasteiger partial charge in [0.05, 0.1) is 43.3 Å². The molecule has 2 saturated heterocycles. The maximum absolute atomic E-state index is 12.5. The van der Waals surface area contributed by atoms with Crippen LogP contribution in [0.2, 0.25) is 0 Å². The standard InChI is InChI=1S/C28H33N3O5/c29-26-24-9-8-23(35-22-10-14-33-15-11-22)18-25(24)31(20-2-1-3-20)27(26)19-4-6-21(7-5-19)36-28(32)30-12-16-34-17-13-30/h4-9,18,20,22H,1-3,10-17,29H2. The van der Waals surface area contributed by atoms with Crippen molar-refractivity contribution in [3.8, 4) is 22.8 Å². The zero-order valence-electron chi connectivity index (χ0n) is 20.5. The summed E-state index contributed by atoms with van der Waals surface area (Å²) in [7, 11) is 0. The molecule has 3 fully saturated rings. The lowest BCUT2D eigenvalue weighted by Crippen LogP contribution is -2.42. The number of fused-ring (bicyclic) bond motifs is 1. The number of anilines is 1. The van der Waals surface area contributed by atoms with Crippen LogP contribution in [0.1, 0.15) is 38.1 Å². The summed E-state index contributed by atoms with van der Waals surface area (Å²) in [4.78, 5) is 14.1. The van der Waals surface area contributed by atoms with Crippen molar-refractivity contribution in [1.82, 2.24) is 9.47 Å². The summed E-state index contributed by atoms with van der Waals surface area (Å²) in [5, 5.41) is 1.04. The highest BCUT2D eigenvalue weighted by molar-refractivity contribution is 6.01. The van der Waals surface area contributed by atoms with Gasteiger partial charge in [0.15, 0.2) is 0 Å². The lowest BCUT2D eigenvalue weighted by Gasteiger charge is -2.30. The van der Waals surface area contributed by atoms with Crippen LogP contribution >= 0.6 is 0 Å². The van der Waals surface area contributed by atoms with Gasteiger partial charge in [0.1, 0.15) is 17.6 Å². The maximum atomic E-state index is 12.5. The van der Waals surface area contributed by atoms with Crippen molar-refractivity contribution in [2.24, 2.45) is 0 Å². The van der Waals surface area contributed by atoms with E-state index in [2.05, 4.69) is 16.7 Å². The van der Waals surface area contributed by atoms with Crippen LogP contribution in [0.15, 0.2) is 42.5 Å². The number of amides is 1. The lowest BCUT2D eigenvalue weighted by molar-refractivity contribution is 0.0256. The first-order chi connectivity index (χ1) is 17.7. The highest BCUT2D eigenvalue weighted by atomic mass is 16.6. The Morgan fingerprint density at radius 2 is 1.58 bits per heavy atom. The Hall–Kier alpha value is -3.23. The summed E-state index contributed by atoms with van der Waals surface area (Å²) < 4.78 is 25.1. The van der Waals surface area contributed by atoms with E-state index in [0.29, 0.717) is 38.1 Å². The normalized spacial score (nSPS) is 19.3. The highest BCUT2D eigenvalue weighted by Crippen LogP contribution is 2.45. The molecule has 3 aromatic rings. The van der Waals surface area contributed by atoms with E-state index in [1.54, 1.807) is 4.90 Å². The monoisotopic (exact) mass is 491 g/mol. The van der Waals surface area contributed by atoms with E-state index in [1.807, 2.05) is 30.3 Å². The molecule has 1 aromatic heterocycles. The molecule has 1 aliphatic carbocycles. The van der Waals surface area contributed by atoms with E-state index in [-0.39, 0.29) is 12.2 Å². The zero-order chi connectivity index (χ0) is 24.5. The van der Waals surface area contributed by atoms with Crippen molar-refractivity contribution in [3.05, 3.63) is 42.5 Å². The number of hydrogen-bond acceptors (Lipinski definition) is 6. The molecule has 6 rings (SSSR count). The molecule has 0 bridgehead atoms.